The molecule has 1 heterocycles. The zero-order valence-corrected chi connectivity index (χ0v) is 12.4. The first kappa shape index (κ1) is 13.1. The molecule has 102 valence electrons. The fraction of sp³-hybridized carbons (Fsp3) is 0.533. The van der Waals surface area contributed by atoms with Gasteiger partial charge in [-0.1, -0.05) is 22.0 Å². The second kappa shape index (κ2) is 5.25. The standard InChI is InChI=1S/C15H18BrNO2/c16-8-10-6-15(19)17(9-10)12-5-4-11-2-1-3-14(18)13(11)7-12/h4-5,7,10,14,18H,1-3,6,8-9H2. The lowest BCUT2D eigenvalue weighted by Gasteiger charge is -2.24. The van der Waals surface area contributed by atoms with Crippen LogP contribution in [-0.4, -0.2) is 22.9 Å². The Hall–Kier alpha value is -0.870. The Kier molecular flexibility index (Phi) is 3.63. The van der Waals surface area contributed by atoms with Gasteiger partial charge in [0.1, 0.15) is 0 Å². The van der Waals surface area contributed by atoms with E-state index in [4.69, 9.17) is 0 Å². The number of nitrogens with zero attached hydrogens (tertiary/aromatic N) is 1. The number of hydrogen-bond donors (Lipinski definition) is 1. The van der Waals surface area contributed by atoms with Gasteiger partial charge in [-0.05, 0) is 48.4 Å². The average Bonchev–Trinajstić information content (AvgIpc) is 2.80. The maximum atomic E-state index is 12.0. The third-order valence-electron chi connectivity index (χ3n) is 4.15. The Morgan fingerprint density at radius 1 is 1.42 bits per heavy atom. The summed E-state index contributed by atoms with van der Waals surface area (Å²) in [6, 6.07) is 6.10. The highest BCUT2D eigenvalue weighted by molar-refractivity contribution is 9.09. The van der Waals surface area contributed by atoms with Crippen molar-refractivity contribution in [2.75, 3.05) is 16.8 Å². The van der Waals surface area contributed by atoms with Gasteiger partial charge in [-0.15, -0.1) is 0 Å². The Labute approximate surface area is 121 Å². The smallest absolute Gasteiger partial charge is 0.227 e. The number of hydrogen-bond acceptors (Lipinski definition) is 2. The van der Waals surface area contributed by atoms with E-state index >= 15 is 0 Å². The van der Waals surface area contributed by atoms with Crippen LogP contribution in [0.4, 0.5) is 5.69 Å². The number of carbonyl (C=O) groups excluding carboxylic acids is 1. The molecule has 1 saturated heterocycles. The van der Waals surface area contributed by atoms with E-state index in [0.29, 0.717) is 12.3 Å². The molecule has 2 atom stereocenters. The Balaban J connectivity index is 1.90. The minimum absolute atomic E-state index is 0.190. The number of anilines is 1. The van der Waals surface area contributed by atoms with E-state index in [-0.39, 0.29) is 12.0 Å². The summed E-state index contributed by atoms with van der Waals surface area (Å²) in [5.74, 6) is 0.586. The van der Waals surface area contributed by atoms with Crippen LogP contribution in [0.15, 0.2) is 18.2 Å². The van der Waals surface area contributed by atoms with Crippen LogP contribution >= 0.6 is 15.9 Å². The maximum Gasteiger partial charge on any atom is 0.227 e. The number of benzene rings is 1. The predicted molar refractivity (Wildman–Crippen MR) is 78.6 cm³/mol. The van der Waals surface area contributed by atoms with E-state index in [0.717, 1.165) is 42.4 Å². The first-order valence-corrected chi connectivity index (χ1v) is 7.98. The average molecular weight is 324 g/mol. The number of halogens is 1. The van der Waals surface area contributed by atoms with Crippen molar-refractivity contribution >= 4 is 27.5 Å². The largest absolute Gasteiger partial charge is 0.388 e. The lowest BCUT2D eigenvalue weighted by atomic mass is 9.89. The lowest BCUT2D eigenvalue weighted by Crippen LogP contribution is -2.25. The molecule has 0 radical (unpaired) electrons. The topological polar surface area (TPSA) is 40.5 Å². The van der Waals surface area contributed by atoms with Gasteiger partial charge >= 0.3 is 0 Å². The molecule has 2 aliphatic rings. The molecule has 3 rings (SSSR count). The molecule has 1 fully saturated rings. The molecule has 0 spiro atoms. The number of aryl methyl sites for hydroxylation is 1. The van der Waals surface area contributed by atoms with Crippen LogP contribution in [-0.2, 0) is 11.2 Å². The summed E-state index contributed by atoms with van der Waals surface area (Å²) in [7, 11) is 0. The first-order valence-electron chi connectivity index (χ1n) is 6.86. The fourth-order valence-corrected chi connectivity index (χ4v) is 3.50. The number of alkyl halides is 1. The molecular weight excluding hydrogens is 306 g/mol. The van der Waals surface area contributed by atoms with Crippen molar-refractivity contribution < 1.29 is 9.90 Å². The molecule has 0 bridgehead atoms. The van der Waals surface area contributed by atoms with Crippen LogP contribution < -0.4 is 4.90 Å². The number of aliphatic hydroxyl groups excluding tert-OH is 1. The highest BCUT2D eigenvalue weighted by atomic mass is 79.9. The highest BCUT2D eigenvalue weighted by Crippen LogP contribution is 2.34. The number of aliphatic hydroxyl groups is 1. The van der Waals surface area contributed by atoms with Gasteiger partial charge in [0.05, 0.1) is 6.10 Å². The molecule has 1 N–H and O–H groups in total. The van der Waals surface area contributed by atoms with E-state index in [9.17, 15) is 9.90 Å². The van der Waals surface area contributed by atoms with Gasteiger partial charge in [0.2, 0.25) is 5.91 Å². The van der Waals surface area contributed by atoms with E-state index < -0.39 is 0 Å². The third-order valence-corrected chi connectivity index (χ3v) is 5.06. The highest BCUT2D eigenvalue weighted by Gasteiger charge is 2.30. The van der Waals surface area contributed by atoms with Crippen molar-refractivity contribution in [3.05, 3.63) is 29.3 Å². The molecule has 1 aromatic rings. The monoisotopic (exact) mass is 323 g/mol. The molecule has 1 aliphatic carbocycles. The maximum absolute atomic E-state index is 12.0. The predicted octanol–water partition coefficient (Wildman–Crippen LogP) is 2.80. The molecule has 4 heteroatoms. The molecule has 0 saturated carbocycles. The van der Waals surface area contributed by atoms with Gasteiger partial charge in [0.25, 0.3) is 0 Å². The minimum Gasteiger partial charge on any atom is -0.388 e. The van der Waals surface area contributed by atoms with Crippen molar-refractivity contribution in [1.82, 2.24) is 0 Å². The number of rotatable bonds is 2. The molecule has 19 heavy (non-hydrogen) atoms. The summed E-state index contributed by atoms with van der Waals surface area (Å²) >= 11 is 3.45. The van der Waals surface area contributed by atoms with E-state index in [1.807, 2.05) is 17.0 Å². The van der Waals surface area contributed by atoms with Crippen molar-refractivity contribution in [3.63, 3.8) is 0 Å². The minimum atomic E-state index is -0.367. The van der Waals surface area contributed by atoms with Gasteiger partial charge in [-0.25, -0.2) is 0 Å². The fourth-order valence-electron chi connectivity index (χ4n) is 3.06. The molecule has 2 unspecified atom stereocenters. The zero-order valence-electron chi connectivity index (χ0n) is 10.8. The molecule has 3 nitrogen and oxygen atoms in total. The van der Waals surface area contributed by atoms with Crippen LogP contribution in [0.3, 0.4) is 0 Å². The zero-order chi connectivity index (χ0) is 13.4. The van der Waals surface area contributed by atoms with Crippen molar-refractivity contribution in [2.24, 2.45) is 5.92 Å². The second-order valence-corrected chi connectivity index (χ2v) is 6.17. The van der Waals surface area contributed by atoms with Crippen LogP contribution in [0.2, 0.25) is 0 Å². The Bertz CT molecular complexity index is 503. The SMILES string of the molecule is O=C1CC(CBr)CN1c1ccc2c(c1)C(O)CCC2. The van der Waals surface area contributed by atoms with Gasteiger partial charge in [-0.3, -0.25) is 4.79 Å². The summed E-state index contributed by atoms with van der Waals surface area (Å²) < 4.78 is 0. The van der Waals surface area contributed by atoms with Crippen LogP contribution in [0.25, 0.3) is 0 Å². The van der Waals surface area contributed by atoms with Crippen molar-refractivity contribution in [1.29, 1.82) is 0 Å². The normalized spacial score (nSPS) is 26.6. The quantitative estimate of drug-likeness (QED) is 0.850. The molecule has 1 aromatic carbocycles. The van der Waals surface area contributed by atoms with E-state index in [1.54, 1.807) is 0 Å². The van der Waals surface area contributed by atoms with Crippen molar-refractivity contribution in [2.45, 2.75) is 31.8 Å². The summed E-state index contributed by atoms with van der Waals surface area (Å²) in [5, 5.41) is 10.9. The summed E-state index contributed by atoms with van der Waals surface area (Å²) in [5.41, 5.74) is 3.18. The summed E-state index contributed by atoms with van der Waals surface area (Å²) in [4.78, 5) is 13.9. The van der Waals surface area contributed by atoms with Crippen molar-refractivity contribution in [3.8, 4) is 0 Å². The molecule has 1 aliphatic heterocycles. The summed E-state index contributed by atoms with van der Waals surface area (Å²) in [6.07, 6.45) is 3.15. The van der Waals surface area contributed by atoms with Crippen LogP contribution in [0.1, 0.15) is 36.5 Å². The molecular formula is C15H18BrNO2. The van der Waals surface area contributed by atoms with Crippen LogP contribution in [0.5, 0.6) is 0 Å². The first-order chi connectivity index (χ1) is 9.19. The van der Waals surface area contributed by atoms with Crippen LogP contribution in [0, 0.1) is 5.92 Å². The molecule has 1 amide bonds. The van der Waals surface area contributed by atoms with Gasteiger partial charge in [0.15, 0.2) is 0 Å². The van der Waals surface area contributed by atoms with Gasteiger partial charge < -0.3 is 10.0 Å². The lowest BCUT2D eigenvalue weighted by molar-refractivity contribution is -0.117. The third kappa shape index (κ3) is 2.43. The number of fused-ring (bicyclic) bond motifs is 1. The molecule has 0 aromatic heterocycles. The van der Waals surface area contributed by atoms with Gasteiger partial charge in [-0.2, -0.15) is 0 Å². The number of carbonyl (C=O) groups is 1. The van der Waals surface area contributed by atoms with E-state index in [2.05, 4.69) is 22.0 Å². The second-order valence-electron chi connectivity index (χ2n) is 5.52. The Morgan fingerprint density at radius 3 is 3.00 bits per heavy atom. The summed E-state index contributed by atoms with van der Waals surface area (Å²) in [6.45, 7) is 0.777. The Morgan fingerprint density at radius 2 is 2.26 bits per heavy atom. The van der Waals surface area contributed by atoms with Gasteiger partial charge in [0, 0.05) is 24.0 Å². The number of amides is 1. The van der Waals surface area contributed by atoms with E-state index in [1.165, 1.54) is 5.56 Å².